The molecule has 8 aromatic rings. The molecule has 23 nitrogen and oxygen atoms in total. The van der Waals surface area contributed by atoms with Crippen LogP contribution in [0, 0.1) is 6.92 Å². The van der Waals surface area contributed by atoms with E-state index in [9.17, 15) is 55.7 Å². The van der Waals surface area contributed by atoms with Gasteiger partial charge in [-0.2, -0.15) is 26.3 Å². The lowest BCUT2D eigenvalue weighted by atomic mass is 10.1. The number of nitrogens with zero attached hydrogens (tertiary/aromatic N) is 1. The molecule has 11 N–H and O–H groups in total. The second-order valence-electron chi connectivity index (χ2n) is 22.0. The summed E-state index contributed by atoms with van der Waals surface area (Å²) in [5.41, 5.74) is 9.46. The molecule has 0 atom stereocenters. The fourth-order valence-electron chi connectivity index (χ4n) is 7.28. The number of ketones is 2. The van der Waals surface area contributed by atoms with Gasteiger partial charge in [-0.25, -0.2) is 9.78 Å². The molecule has 0 radical (unpaired) electrons. The molecular formula is C79H111BrF6N2O21. The Bertz CT molecular complexity index is 3640. The Labute approximate surface area is 644 Å². The number of aromatic nitrogens is 1. The maximum Gasteiger partial charge on any atom is 0.387 e. The summed E-state index contributed by atoms with van der Waals surface area (Å²) in [5, 5.41) is 58.5. The minimum Gasteiger partial charge on any atom is -0.504 e. The number of halogens is 7. The van der Waals surface area contributed by atoms with E-state index >= 15 is 0 Å². The van der Waals surface area contributed by atoms with E-state index in [4.69, 9.17) is 59.4 Å². The summed E-state index contributed by atoms with van der Waals surface area (Å²) in [6.45, 7) is 16.5. The lowest BCUT2D eigenvalue weighted by Crippen LogP contribution is -2.13. The molecule has 30 heteroatoms. The van der Waals surface area contributed by atoms with Gasteiger partial charge in [0.05, 0.1) is 36.6 Å². The van der Waals surface area contributed by atoms with E-state index in [1.54, 1.807) is 72.7 Å². The number of hydrogen-bond acceptors (Lipinski definition) is 20. The summed E-state index contributed by atoms with van der Waals surface area (Å²) >= 11 is 3.27. The van der Waals surface area contributed by atoms with Gasteiger partial charge in [0.2, 0.25) is 11.8 Å². The van der Waals surface area contributed by atoms with Crippen LogP contribution in [0.25, 0.3) is 11.5 Å². The van der Waals surface area contributed by atoms with Crippen LogP contribution in [0.4, 0.5) is 26.3 Å². The van der Waals surface area contributed by atoms with Crippen LogP contribution >= 0.6 is 15.9 Å². The molecule has 1 heterocycles. The largest absolute Gasteiger partial charge is 0.504 e. The fraction of sp³-hybridized carbons (Fsp3) is 0.380. The van der Waals surface area contributed by atoms with Gasteiger partial charge in [-0.3, -0.25) is 14.4 Å². The summed E-state index contributed by atoms with van der Waals surface area (Å²) in [5.74, 6) is -1.06. The number of primary amides is 1. The van der Waals surface area contributed by atoms with Crippen LogP contribution in [0.5, 0.6) is 57.5 Å². The third-order valence-electron chi connectivity index (χ3n) is 11.3. The van der Waals surface area contributed by atoms with Crippen molar-refractivity contribution in [3.8, 4) is 68.9 Å². The number of carboxylic acid groups (broad SMARTS) is 1. The average molecular weight is 1620 g/mol. The molecule has 109 heavy (non-hydrogen) atoms. The fourth-order valence-corrected chi connectivity index (χ4v) is 7.28. The molecular weight excluding hydrogens is 1510 g/mol. The molecule has 0 bridgehead atoms. The predicted molar refractivity (Wildman–Crippen MR) is 414 cm³/mol. The first-order valence-electron chi connectivity index (χ1n) is 32.0. The monoisotopic (exact) mass is 1620 g/mol. The number of alkyl halides is 7. The number of aryl methyl sites for hydroxylation is 1. The van der Waals surface area contributed by atoms with Gasteiger partial charge in [0.25, 0.3) is 0 Å². The Morgan fingerprint density at radius 1 is 0.486 bits per heavy atom. The number of phenols is 2. The number of benzene rings is 7. The number of carbonyl (C=O) groups is 4. The molecule has 0 spiro atoms. The molecule has 7 aromatic carbocycles. The predicted octanol–water partition coefficient (Wildman–Crippen LogP) is 17.8. The molecule has 1 aromatic heterocycles. The van der Waals surface area contributed by atoms with Gasteiger partial charge in [-0.05, 0) is 180 Å². The van der Waals surface area contributed by atoms with Crippen LogP contribution < -0.4 is 43.6 Å². The molecule has 1 amide bonds. The first-order valence-corrected chi connectivity index (χ1v) is 32.9. The van der Waals surface area contributed by atoms with Crippen LogP contribution in [-0.2, 0) is 13.2 Å². The Morgan fingerprint density at radius 2 is 0.835 bits per heavy atom. The zero-order valence-electron chi connectivity index (χ0n) is 61.9. The van der Waals surface area contributed by atoms with Crippen LogP contribution in [0.2, 0.25) is 0 Å². The molecule has 0 aliphatic rings. The van der Waals surface area contributed by atoms with Crippen molar-refractivity contribution < 1.29 is 129 Å². The highest BCUT2D eigenvalue weighted by atomic mass is 79.9. The van der Waals surface area contributed by atoms with Crippen molar-refractivity contribution in [1.29, 1.82) is 0 Å². The van der Waals surface area contributed by atoms with E-state index < -0.39 is 31.7 Å². The number of Topliss-reactive ketones (excluding diaryl/α,β-unsaturated/α-hetero) is 2. The van der Waals surface area contributed by atoms with Crippen molar-refractivity contribution in [2.75, 3.05) is 20.8 Å². The molecule has 0 aliphatic heterocycles. The lowest BCUT2D eigenvalue weighted by molar-refractivity contribution is -0.0524. The minimum atomic E-state index is -2.99. The number of hydrogen-bond donors (Lipinski definition) is 8. The van der Waals surface area contributed by atoms with E-state index in [-0.39, 0.29) is 140 Å². The quantitative estimate of drug-likeness (QED) is 0.0167. The van der Waals surface area contributed by atoms with Crippen molar-refractivity contribution in [1.82, 2.24) is 4.98 Å². The highest BCUT2D eigenvalue weighted by molar-refractivity contribution is 9.09. The highest BCUT2D eigenvalue weighted by Crippen LogP contribution is 2.36. The number of phenolic OH excluding ortho intramolecular Hbond substituents is 2. The van der Waals surface area contributed by atoms with Crippen LogP contribution in [0.3, 0.4) is 0 Å². The van der Waals surface area contributed by atoms with Crippen molar-refractivity contribution >= 4 is 39.4 Å². The van der Waals surface area contributed by atoms with Gasteiger partial charge in [0.15, 0.2) is 69.1 Å². The Morgan fingerprint density at radius 3 is 1.19 bits per heavy atom. The molecule has 0 saturated carbocycles. The summed E-state index contributed by atoms with van der Waals surface area (Å²) in [4.78, 5) is 48.6. The molecule has 8 rings (SSSR count). The van der Waals surface area contributed by atoms with Gasteiger partial charge < -0.3 is 89.3 Å². The zero-order chi connectivity index (χ0) is 80.5. The number of aliphatic hydroxyl groups excluding tert-OH is 4. The summed E-state index contributed by atoms with van der Waals surface area (Å²) in [7, 11) is 2.00. The summed E-state index contributed by atoms with van der Waals surface area (Å²) < 4.78 is 118. The first kappa shape index (κ1) is 110. The lowest BCUT2D eigenvalue weighted by Gasteiger charge is -2.15. The number of oxazole rings is 1. The maximum atomic E-state index is 12.4. The second-order valence-corrected chi connectivity index (χ2v) is 23.8. The Balaban J connectivity index is -0.000000286. The van der Waals surface area contributed by atoms with Crippen LogP contribution in [-0.4, -0.2) is 140 Å². The molecule has 0 fully saturated rings. The Hall–Kier alpha value is -10.1. The van der Waals surface area contributed by atoms with Crippen molar-refractivity contribution in [2.24, 2.45) is 5.73 Å². The van der Waals surface area contributed by atoms with E-state index in [0.717, 1.165) is 31.9 Å². The number of ether oxygens (including phenoxy) is 8. The maximum absolute atomic E-state index is 12.4. The highest BCUT2D eigenvalue weighted by Gasteiger charge is 2.19. The normalized spacial score (nSPS) is 9.64. The van der Waals surface area contributed by atoms with Crippen molar-refractivity contribution in [2.45, 2.75) is 182 Å². The van der Waals surface area contributed by atoms with E-state index in [2.05, 4.69) is 68.0 Å². The molecule has 0 unspecified atom stereocenters. The molecule has 0 saturated heterocycles. The van der Waals surface area contributed by atoms with Gasteiger partial charge in [-0.15, -0.1) is 0 Å². The van der Waals surface area contributed by atoms with Crippen molar-refractivity contribution in [3.05, 3.63) is 197 Å². The van der Waals surface area contributed by atoms with E-state index in [1.807, 2.05) is 62.4 Å². The second kappa shape index (κ2) is 61.9. The smallest absolute Gasteiger partial charge is 0.387 e. The van der Waals surface area contributed by atoms with Crippen molar-refractivity contribution in [3.63, 3.8) is 0 Å². The third kappa shape index (κ3) is 49.5. The third-order valence-corrected chi connectivity index (χ3v) is 11.3. The molecule has 612 valence electrons. The van der Waals surface area contributed by atoms with Gasteiger partial charge in [0.1, 0.15) is 18.6 Å². The topological polar surface area (TPSA) is 367 Å². The molecule has 0 aliphatic carbocycles. The SMILES string of the molecule is C.C.C.CC(=O)c1ccc(O)c(OC(C)C)c1.CC(=O)c1ccc(OCc2ccccc2)c(O)c1.CC(C)Br.CC(C)Oc1cc(-c2nc(CO)co2)ccc1OC(F)F.CC(C)Oc1cc(C(=O)O)ccc1OC(F)F.CC(C)Oc1cc(C(N)=O)ccc1OC(F)F.CCO.CO.CO.Cc1ccccc1.O. The first-order chi connectivity index (χ1) is 49.5. The number of aliphatic hydroxyl groups is 4. The number of aromatic hydroxyl groups is 2. The minimum absolute atomic E-state index is 0. The standard InChI is InChI=1S/C15H14O3.C14H15F2NO4.C11H13F2NO3.C11H12F2O4.C11H14O3.C7H8.C3H7Br.C2H6O.2CH4O.3CH4.H2O/c1-11(16)13-7-8-15(14(17)9-13)18-10-12-5-3-2-4-6-12;1-8(2)20-12-5-9(3-4-11(12)21-14(15)16)13-17-10(6-18)7-19-13;2*1-6(2)16-9-5-7(10(14)15)3-4-8(9)17-11(12)13;1-7(2)14-11-6-9(8(3)12)4-5-10(11)13;1-7-5-3-2-4-6-7;1-3(2)4;1-2-3;2*1-2;;;;/h2-9,17H,10H2,1H3;3-5,7-8,14,18H,6H2,1-2H3;3-6,11H,1-2H3,(H2,14,15);3-6,11H,1-2H3,(H,14,15);4-7,13H,1-3H3;2-6H,1H3;3H,1-2H3;3H,2H2,1H3;2*2H,1H3;3*1H4;1H2. The van der Waals surface area contributed by atoms with E-state index in [0.29, 0.717) is 45.3 Å². The van der Waals surface area contributed by atoms with Gasteiger partial charge in [-0.1, -0.05) is 118 Å². The summed E-state index contributed by atoms with van der Waals surface area (Å²) in [6.07, 6.45) is 0.570. The van der Waals surface area contributed by atoms with Crippen LogP contribution in [0.15, 0.2) is 162 Å². The van der Waals surface area contributed by atoms with E-state index in [1.165, 1.54) is 80.3 Å². The zero-order valence-corrected chi connectivity index (χ0v) is 63.4. The summed E-state index contributed by atoms with van der Waals surface area (Å²) in [6, 6.07) is 40.9. The Kier molecular flexibility index (Phi) is 62.3. The number of carboxylic acids is 1. The number of carbonyl (C=O) groups excluding carboxylic acids is 3. The van der Waals surface area contributed by atoms with Crippen LogP contribution in [0.1, 0.15) is 171 Å². The number of rotatable bonds is 23. The average Bonchev–Trinajstić information content (AvgIpc) is 1.79. The van der Waals surface area contributed by atoms with Gasteiger partial charge in [0, 0.05) is 47.9 Å². The van der Waals surface area contributed by atoms with Gasteiger partial charge >= 0.3 is 25.8 Å². The number of nitrogens with two attached hydrogens (primary N) is 1. The number of aromatic carboxylic acids is 1. The number of amides is 1.